The van der Waals surface area contributed by atoms with Gasteiger partial charge >= 0.3 is 5.97 Å². The lowest BCUT2D eigenvalue weighted by molar-refractivity contribution is -0.239. The predicted molar refractivity (Wildman–Crippen MR) is 134 cm³/mol. The zero-order valence-corrected chi connectivity index (χ0v) is 22.2. The van der Waals surface area contributed by atoms with Crippen molar-refractivity contribution < 1.29 is 24.9 Å². The van der Waals surface area contributed by atoms with Gasteiger partial charge in [-0.3, -0.25) is 4.79 Å². The Morgan fingerprint density at radius 1 is 0.886 bits per heavy atom. The number of hydrogen-bond acceptors (Lipinski definition) is 4. The molecule has 5 heteroatoms. The van der Waals surface area contributed by atoms with Crippen LogP contribution in [-0.2, 0) is 9.59 Å². The first kappa shape index (κ1) is 25.4. The fourth-order valence-corrected chi connectivity index (χ4v) is 11.4. The first-order valence-corrected chi connectivity index (χ1v) is 14.0. The Morgan fingerprint density at radius 2 is 1.60 bits per heavy atom. The molecule has 5 rings (SSSR count). The van der Waals surface area contributed by atoms with Crippen LogP contribution in [-0.4, -0.2) is 40.3 Å². The summed E-state index contributed by atoms with van der Waals surface area (Å²) in [6, 6.07) is 0. The van der Waals surface area contributed by atoms with E-state index in [2.05, 4.69) is 27.4 Å². The molecular weight excluding hydrogens is 440 g/mol. The van der Waals surface area contributed by atoms with Gasteiger partial charge in [0.05, 0.1) is 12.0 Å². The zero-order chi connectivity index (χ0) is 25.6. The molecule has 196 valence electrons. The minimum Gasteiger partial charge on any atom is -0.478 e. The lowest BCUT2D eigenvalue weighted by Gasteiger charge is -2.72. The lowest BCUT2D eigenvalue weighted by atomic mass is 9.32. The normalized spacial score (nSPS) is 53.2. The van der Waals surface area contributed by atoms with Gasteiger partial charge in [0.25, 0.3) is 0 Å². The molecule has 0 aromatic heterocycles. The number of Topliss-reactive ketones (excluding diaryl/α,β-unsaturated/α-hetero) is 1. The second-order valence-corrected chi connectivity index (χ2v) is 14.2. The molecule has 35 heavy (non-hydrogen) atoms. The minimum atomic E-state index is -0.890. The van der Waals surface area contributed by atoms with Crippen LogP contribution in [0.15, 0.2) is 12.2 Å². The van der Waals surface area contributed by atoms with Crippen LogP contribution in [0.5, 0.6) is 0 Å². The van der Waals surface area contributed by atoms with Crippen molar-refractivity contribution in [1.82, 2.24) is 0 Å². The van der Waals surface area contributed by atoms with E-state index in [1.807, 2.05) is 6.92 Å². The summed E-state index contributed by atoms with van der Waals surface area (Å²) in [5, 5.41) is 30.8. The average molecular weight is 487 g/mol. The highest BCUT2D eigenvalue weighted by molar-refractivity contribution is 5.87. The van der Waals surface area contributed by atoms with Crippen LogP contribution in [0.2, 0.25) is 0 Å². The molecular formula is C30H46O5. The average Bonchev–Trinajstić information content (AvgIpc) is 3.21. The van der Waals surface area contributed by atoms with Crippen molar-refractivity contribution in [3.8, 4) is 0 Å². The number of fused-ring (bicyclic) bond motifs is 7. The maximum absolute atomic E-state index is 13.0. The number of aliphatic carboxylic acids is 1. The molecule has 5 nitrogen and oxygen atoms in total. The van der Waals surface area contributed by atoms with E-state index in [4.69, 9.17) is 0 Å². The summed E-state index contributed by atoms with van der Waals surface area (Å²) in [7, 11) is 0. The molecule has 0 spiro atoms. The van der Waals surface area contributed by atoms with Gasteiger partial charge in [0.1, 0.15) is 5.78 Å². The van der Waals surface area contributed by atoms with E-state index in [0.717, 1.165) is 57.8 Å². The van der Waals surface area contributed by atoms with Crippen LogP contribution in [0.1, 0.15) is 91.9 Å². The van der Waals surface area contributed by atoms with Gasteiger partial charge < -0.3 is 15.3 Å². The Kier molecular flexibility index (Phi) is 5.74. The summed E-state index contributed by atoms with van der Waals surface area (Å²) in [5.41, 5.74) is -0.298. The maximum Gasteiger partial charge on any atom is 0.331 e. The Labute approximate surface area is 210 Å². The summed E-state index contributed by atoms with van der Waals surface area (Å²) in [5.74, 6) is 0.540. The molecule has 3 N–H and O–H groups in total. The van der Waals surface area contributed by atoms with Crippen molar-refractivity contribution in [1.29, 1.82) is 0 Å². The number of hydrogen-bond donors (Lipinski definition) is 3. The van der Waals surface area contributed by atoms with Crippen LogP contribution < -0.4 is 0 Å². The van der Waals surface area contributed by atoms with E-state index in [9.17, 15) is 24.9 Å². The fraction of sp³-hybridized carbons (Fsp3) is 0.867. The van der Waals surface area contributed by atoms with Crippen LogP contribution in [0.25, 0.3) is 0 Å². The van der Waals surface area contributed by atoms with E-state index >= 15 is 0 Å². The number of carboxylic acid groups (broad SMARTS) is 1. The number of aliphatic hydroxyl groups is 2. The Morgan fingerprint density at radius 3 is 2.23 bits per heavy atom. The van der Waals surface area contributed by atoms with Crippen molar-refractivity contribution in [2.75, 3.05) is 13.2 Å². The van der Waals surface area contributed by atoms with Gasteiger partial charge in [-0.2, -0.15) is 0 Å². The smallest absolute Gasteiger partial charge is 0.331 e. The van der Waals surface area contributed by atoms with Crippen molar-refractivity contribution in [2.24, 2.45) is 56.7 Å². The maximum atomic E-state index is 13.0. The monoisotopic (exact) mass is 486 g/mol. The van der Waals surface area contributed by atoms with Gasteiger partial charge in [-0.15, -0.1) is 0 Å². The molecule has 0 heterocycles. The number of ketones is 1. The molecule has 5 aliphatic rings. The Hall–Kier alpha value is -1.20. The van der Waals surface area contributed by atoms with Gasteiger partial charge in [-0.1, -0.05) is 34.3 Å². The van der Waals surface area contributed by atoms with E-state index in [1.54, 1.807) is 0 Å². The second-order valence-electron chi connectivity index (χ2n) is 14.2. The predicted octanol–water partition coefficient (Wildman–Crippen LogP) is 5.24. The van der Waals surface area contributed by atoms with Crippen molar-refractivity contribution in [3.63, 3.8) is 0 Å². The molecule has 0 radical (unpaired) electrons. The number of aliphatic hydroxyl groups excluding tert-OH is 2. The second kappa shape index (κ2) is 7.90. The highest BCUT2D eigenvalue weighted by atomic mass is 16.4. The van der Waals surface area contributed by atoms with Crippen LogP contribution >= 0.6 is 0 Å². The fourth-order valence-electron chi connectivity index (χ4n) is 11.4. The zero-order valence-electron chi connectivity index (χ0n) is 22.2. The third kappa shape index (κ3) is 3.00. The number of rotatable bonds is 4. The first-order valence-electron chi connectivity index (χ1n) is 14.0. The lowest BCUT2D eigenvalue weighted by Crippen LogP contribution is -2.67. The molecule has 10 atom stereocenters. The summed E-state index contributed by atoms with van der Waals surface area (Å²) < 4.78 is 0. The van der Waals surface area contributed by atoms with Gasteiger partial charge in [-0.25, -0.2) is 4.79 Å². The molecule has 5 saturated carbocycles. The summed E-state index contributed by atoms with van der Waals surface area (Å²) in [6.45, 7) is 13.5. The van der Waals surface area contributed by atoms with Crippen LogP contribution in [0.4, 0.5) is 0 Å². The number of carbonyl (C=O) groups excluding carboxylic acids is 1. The van der Waals surface area contributed by atoms with Gasteiger partial charge in [0.2, 0.25) is 0 Å². The molecule has 5 aliphatic carbocycles. The SMILES string of the molecule is C=C(C(=O)O)[C@@H]1CC[C@]2(CO)CC[C@]3(C)[C@H](CC[C@@H]4[C@@]5(C)CCC(=O)[C@@](C)(CO)[C@@H]5CC[C@]43C)[C@@H]12. The summed E-state index contributed by atoms with van der Waals surface area (Å²) >= 11 is 0. The standard InChI is InChI=1S/C30H46O5/c1-18(25(34)35)19-8-13-30(17-32)15-14-28(4)20(24(19)30)6-7-22-26(2)11-10-23(33)27(3,16-31)21(26)9-12-29(22,28)5/h19-22,24,31-32H,1,6-17H2,2-5H3,(H,34,35)/t19-,20+,21+,22+,24+,26-,27-,28+,29+,30+/m0/s1. The summed E-state index contributed by atoms with van der Waals surface area (Å²) in [4.78, 5) is 25.0. The third-order valence-electron chi connectivity index (χ3n) is 13.5. The van der Waals surface area contributed by atoms with Gasteiger partial charge in [0.15, 0.2) is 0 Å². The Balaban J connectivity index is 1.55. The van der Waals surface area contributed by atoms with Crippen molar-refractivity contribution in [3.05, 3.63) is 12.2 Å². The van der Waals surface area contributed by atoms with Crippen molar-refractivity contribution in [2.45, 2.75) is 91.9 Å². The molecule has 0 aromatic carbocycles. The molecule has 0 amide bonds. The molecule has 0 aromatic rings. The van der Waals surface area contributed by atoms with Gasteiger partial charge in [-0.05, 0) is 109 Å². The van der Waals surface area contributed by atoms with E-state index in [0.29, 0.717) is 23.8 Å². The number of carboxylic acids is 1. The Bertz CT molecular complexity index is 943. The largest absolute Gasteiger partial charge is 0.478 e. The highest BCUT2D eigenvalue weighted by Gasteiger charge is 2.71. The number of carbonyl (C=O) groups is 2. The summed E-state index contributed by atoms with van der Waals surface area (Å²) in [6.07, 6.45) is 9.39. The topological polar surface area (TPSA) is 94.8 Å². The first-order chi connectivity index (χ1) is 16.3. The van der Waals surface area contributed by atoms with Crippen molar-refractivity contribution >= 4 is 11.8 Å². The highest BCUT2D eigenvalue weighted by Crippen LogP contribution is 2.77. The van der Waals surface area contributed by atoms with Gasteiger partial charge in [0, 0.05) is 18.6 Å². The van der Waals surface area contributed by atoms with Crippen LogP contribution in [0, 0.1) is 56.7 Å². The molecule has 0 saturated heterocycles. The third-order valence-corrected chi connectivity index (χ3v) is 13.5. The molecule has 0 unspecified atom stereocenters. The molecule has 0 bridgehead atoms. The van der Waals surface area contributed by atoms with E-state index < -0.39 is 11.4 Å². The van der Waals surface area contributed by atoms with E-state index in [-0.39, 0.29) is 58.4 Å². The molecule has 5 fully saturated rings. The van der Waals surface area contributed by atoms with Crippen LogP contribution in [0.3, 0.4) is 0 Å². The molecule has 0 aliphatic heterocycles. The quantitative estimate of drug-likeness (QED) is 0.472. The van der Waals surface area contributed by atoms with E-state index in [1.165, 1.54) is 0 Å². The minimum absolute atomic E-state index is 0.0254.